The second-order valence-corrected chi connectivity index (χ2v) is 5.08. The van der Waals surface area contributed by atoms with E-state index in [1.807, 2.05) is 38.9 Å². The molecule has 4 heteroatoms. The summed E-state index contributed by atoms with van der Waals surface area (Å²) < 4.78 is 5.31. The maximum Gasteiger partial charge on any atom is 0.336 e. The topological polar surface area (TPSA) is 53.7 Å². The van der Waals surface area contributed by atoms with Gasteiger partial charge in [0, 0.05) is 18.0 Å². The molecule has 0 aliphatic heterocycles. The van der Waals surface area contributed by atoms with E-state index in [2.05, 4.69) is 0 Å². The molecule has 4 nitrogen and oxygen atoms in total. The van der Waals surface area contributed by atoms with Crippen molar-refractivity contribution in [1.82, 2.24) is 4.90 Å². The fraction of sp³-hybridized carbons (Fsp3) is 0.400. The van der Waals surface area contributed by atoms with E-state index < -0.39 is 0 Å². The molecule has 0 atom stereocenters. The monoisotopic (exact) mass is 261 g/mol. The van der Waals surface area contributed by atoms with Gasteiger partial charge in [-0.1, -0.05) is 6.92 Å². The smallest absolute Gasteiger partial charge is 0.336 e. The second kappa shape index (κ2) is 5.05. The molecule has 0 saturated carbocycles. The average Bonchev–Trinajstić information content (AvgIpc) is 2.32. The van der Waals surface area contributed by atoms with Gasteiger partial charge < -0.3 is 14.4 Å². The summed E-state index contributed by atoms with van der Waals surface area (Å²) in [6.07, 6.45) is 0.737. The van der Waals surface area contributed by atoms with Crippen LogP contribution in [-0.2, 0) is 13.0 Å². The van der Waals surface area contributed by atoms with Crippen LogP contribution in [0, 0.1) is 6.92 Å². The van der Waals surface area contributed by atoms with E-state index >= 15 is 0 Å². The van der Waals surface area contributed by atoms with Crippen molar-refractivity contribution < 1.29 is 9.52 Å². The SMILES string of the molecule is CCc1cc2c(C)cc(=O)oc2c(CN(C)C)c1O. The number of fused-ring (bicyclic) bond motifs is 1. The zero-order chi connectivity index (χ0) is 14.2. The van der Waals surface area contributed by atoms with Gasteiger partial charge in [0.2, 0.25) is 0 Å². The van der Waals surface area contributed by atoms with E-state index in [0.29, 0.717) is 17.7 Å². The first-order chi connectivity index (χ1) is 8.93. The first-order valence-corrected chi connectivity index (χ1v) is 6.37. The lowest BCUT2D eigenvalue weighted by atomic mass is 10.00. The first-order valence-electron chi connectivity index (χ1n) is 6.37. The van der Waals surface area contributed by atoms with Gasteiger partial charge in [-0.05, 0) is 44.6 Å². The van der Waals surface area contributed by atoms with Gasteiger partial charge >= 0.3 is 5.63 Å². The van der Waals surface area contributed by atoms with Gasteiger partial charge in [0.05, 0.1) is 5.56 Å². The Kier molecular flexibility index (Phi) is 3.62. The molecule has 1 aromatic heterocycles. The minimum atomic E-state index is -0.381. The molecule has 0 radical (unpaired) electrons. The Balaban J connectivity index is 2.87. The zero-order valence-corrected chi connectivity index (χ0v) is 11.8. The Bertz CT molecular complexity index is 671. The fourth-order valence-electron chi connectivity index (χ4n) is 2.30. The highest BCUT2D eigenvalue weighted by Gasteiger charge is 2.16. The van der Waals surface area contributed by atoms with Crippen LogP contribution in [0.15, 0.2) is 21.3 Å². The normalized spacial score (nSPS) is 11.4. The van der Waals surface area contributed by atoms with Crippen LogP contribution >= 0.6 is 0 Å². The number of phenols is 1. The van der Waals surface area contributed by atoms with Crippen molar-refractivity contribution in [3.8, 4) is 5.75 Å². The highest BCUT2D eigenvalue weighted by molar-refractivity contribution is 5.86. The van der Waals surface area contributed by atoms with Crippen LogP contribution in [0.25, 0.3) is 11.0 Å². The molecule has 2 rings (SSSR count). The molecular formula is C15H19NO3. The van der Waals surface area contributed by atoms with E-state index in [1.165, 1.54) is 6.07 Å². The molecule has 0 bridgehead atoms. The van der Waals surface area contributed by atoms with Crippen molar-refractivity contribution in [2.45, 2.75) is 26.8 Å². The molecule has 0 fully saturated rings. The number of phenolic OH excluding ortho intramolecular Hbond substituents is 1. The molecule has 19 heavy (non-hydrogen) atoms. The third kappa shape index (κ3) is 2.49. The van der Waals surface area contributed by atoms with E-state index in [9.17, 15) is 9.90 Å². The lowest BCUT2D eigenvalue weighted by molar-refractivity contribution is 0.382. The number of aromatic hydroxyl groups is 1. The predicted octanol–water partition coefficient (Wildman–Crippen LogP) is 2.43. The third-order valence-electron chi connectivity index (χ3n) is 3.24. The third-order valence-corrected chi connectivity index (χ3v) is 3.24. The molecule has 0 saturated heterocycles. The number of benzene rings is 1. The van der Waals surface area contributed by atoms with Crippen LogP contribution in [0.1, 0.15) is 23.6 Å². The summed E-state index contributed by atoms with van der Waals surface area (Å²) >= 11 is 0. The van der Waals surface area contributed by atoms with Gasteiger partial charge in [-0.2, -0.15) is 0 Å². The van der Waals surface area contributed by atoms with Crippen molar-refractivity contribution in [1.29, 1.82) is 0 Å². The summed E-state index contributed by atoms with van der Waals surface area (Å²) in [5.74, 6) is 0.234. The van der Waals surface area contributed by atoms with Crippen LogP contribution < -0.4 is 5.63 Å². The maximum atomic E-state index is 11.5. The van der Waals surface area contributed by atoms with E-state index in [-0.39, 0.29) is 11.4 Å². The summed E-state index contributed by atoms with van der Waals surface area (Å²) in [7, 11) is 3.83. The van der Waals surface area contributed by atoms with E-state index in [4.69, 9.17) is 4.42 Å². The van der Waals surface area contributed by atoms with Crippen LogP contribution in [0.5, 0.6) is 5.75 Å². The van der Waals surface area contributed by atoms with E-state index in [0.717, 1.165) is 22.9 Å². The molecule has 0 aliphatic rings. The van der Waals surface area contributed by atoms with Gasteiger partial charge in [-0.15, -0.1) is 0 Å². The molecule has 102 valence electrons. The van der Waals surface area contributed by atoms with Crippen LogP contribution in [-0.4, -0.2) is 24.1 Å². The maximum absolute atomic E-state index is 11.5. The van der Waals surface area contributed by atoms with Crippen LogP contribution in [0.2, 0.25) is 0 Å². The minimum absolute atomic E-state index is 0.234. The molecule has 0 spiro atoms. The molecule has 2 aromatic rings. The summed E-state index contributed by atoms with van der Waals surface area (Å²) in [6, 6.07) is 3.39. The number of rotatable bonds is 3. The number of hydrogen-bond donors (Lipinski definition) is 1. The van der Waals surface area contributed by atoms with Crippen molar-refractivity contribution in [3.63, 3.8) is 0 Å². The van der Waals surface area contributed by atoms with Crippen LogP contribution in [0.4, 0.5) is 0 Å². The lowest BCUT2D eigenvalue weighted by Gasteiger charge is -2.16. The highest BCUT2D eigenvalue weighted by Crippen LogP contribution is 2.33. The molecule has 1 heterocycles. The average molecular weight is 261 g/mol. The van der Waals surface area contributed by atoms with Gasteiger partial charge in [0.15, 0.2) is 0 Å². The van der Waals surface area contributed by atoms with Gasteiger partial charge in [0.25, 0.3) is 0 Å². The molecule has 0 unspecified atom stereocenters. The summed E-state index contributed by atoms with van der Waals surface area (Å²) in [4.78, 5) is 13.5. The number of aryl methyl sites for hydroxylation is 2. The van der Waals surface area contributed by atoms with Crippen molar-refractivity contribution in [2.75, 3.05) is 14.1 Å². The molecule has 1 aromatic carbocycles. The van der Waals surface area contributed by atoms with Crippen molar-refractivity contribution >= 4 is 11.0 Å². The number of hydrogen-bond acceptors (Lipinski definition) is 4. The largest absolute Gasteiger partial charge is 0.507 e. The Labute approximate surface area is 112 Å². The van der Waals surface area contributed by atoms with Gasteiger partial charge in [-0.25, -0.2) is 4.79 Å². The standard InChI is InChI=1S/C15H19NO3/c1-5-10-7-11-9(2)6-13(17)19-15(11)12(14(10)18)8-16(3)4/h6-7,18H,5,8H2,1-4H3. The summed E-state index contributed by atoms with van der Waals surface area (Å²) in [5, 5.41) is 11.2. The fourth-order valence-corrected chi connectivity index (χ4v) is 2.30. The first kappa shape index (κ1) is 13.6. The Morgan fingerprint density at radius 3 is 2.58 bits per heavy atom. The Morgan fingerprint density at radius 1 is 1.32 bits per heavy atom. The Hall–Kier alpha value is -1.81. The zero-order valence-electron chi connectivity index (χ0n) is 11.8. The van der Waals surface area contributed by atoms with Gasteiger partial charge in [-0.3, -0.25) is 0 Å². The Morgan fingerprint density at radius 2 is 2.00 bits per heavy atom. The molecule has 0 aliphatic carbocycles. The molecule has 1 N–H and O–H groups in total. The lowest BCUT2D eigenvalue weighted by Crippen LogP contribution is -2.12. The summed E-state index contributed by atoms with van der Waals surface area (Å²) in [5.41, 5.74) is 2.55. The van der Waals surface area contributed by atoms with Crippen molar-refractivity contribution in [2.24, 2.45) is 0 Å². The minimum Gasteiger partial charge on any atom is -0.507 e. The molecule has 0 amide bonds. The quantitative estimate of drug-likeness (QED) is 0.862. The predicted molar refractivity (Wildman–Crippen MR) is 75.7 cm³/mol. The second-order valence-electron chi connectivity index (χ2n) is 5.08. The van der Waals surface area contributed by atoms with Gasteiger partial charge in [0.1, 0.15) is 11.3 Å². The highest BCUT2D eigenvalue weighted by atomic mass is 16.4. The number of nitrogens with zero attached hydrogens (tertiary/aromatic N) is 1. The van der Waals surface area contributed by atoms with Crippen LogP contribution in [0.3, 0.4) is 0 Å². The summed E-state index contributed by atoms with van der Waals surface area (Å²) in [6.45, 7) is 4.41. The van der Waals surface area contributed by atoms with Crippen molar-refractivity contribution in [3.05, 3.63) is 39.2 Å². The van der Waals surface area contributed by atoms with E-state index in [1.54, 1.807) is 0 Å². The molecular weight excluding hydrogens is 242 g/mol.